The Kier molecular flexibility index (Phi) is 3.46. The summed E-state index contributed by atoms with van der Waals surface area (Å²) in [6.45, 7) is 0. The second kappa shape index (κ2) is 5.05. The first-order valence-corrected chi connectivity index (χ1v) is 5.77. The summed E-state index contributed by atoms with van der Waals surface area (Å²) in [5.74, 6) is -1.61. The molecule has 2 rings (SSSR count). The lowest BCUT2D eigenvalue weighted by molar-refractivity contribution is -0.384. The van der Waals surface area contributed by atoms with Gasteiger partial charge in [0.1, 0.15) is 6.04 Å². The monoisotopic (exact) mass is 264 g/mol. The van der Waals surface area contributed by atoms with Crippen molar-refractivity contribution in [2.45, 2.75) is 18.9 Å². The number of aliphatic carboxylic acids is 1. The van der Waals surface area contributed by atoms with E-state index in [0.717, 1.165) is 12.8 Å². The summed E-state index contributed by atoms with van der Waals surface area (Å²) in [5, 5.41) is 21.9. The third kappa shape index (κ3) is 3.06. The highest BCUT2D eigenvalue weighted by Gasteiger charge is 2.37. The van der Waals surface area contributed by atoms with Gasteiger partial charge in [-0.25, -0.2) is 4.79 Å². The Labute approximate surface area is 108 Å². The van der Waals surface area contributed by atoms with Gasteiger partial charge in [0, 0.05) is 17.7 Å². The number of amides is 1. The van der Waals surface area contributed by atoms with E-state index in [1.54, 1.807) is 0 Å². The van der Waals surface area contributed by atoms with Crippen LogP contribution in [0.4, 0.5) is 5.69 Å². The normalized spacial score (nSPS) is 15.6. The molecule has 1 atom stereocenters. The number of non-ortho nitro benzene ring substituents is 1. The molecular weight excluding hydrogens is 252 g/mol. The standard InChI is InChI=1S/C12H12N2O5/c15-11(13-10(12(16)17)7-1-2-7)8-3-5-9(6-4-8)14(18)19/h3-7,10H,1-2H2,(H,13,15)(H,16,17). The topological polar surface area (TPSA) is 110 Å². The second-order valence-corrected chi connectivity index (χ2v) is 4.43. The molecule has 7 nitrogen and oxygen atoms in total. The molecule has 0 bridgehead atoms. The van der Waals surface area contributed by atoms with Crippen LogP contribution in [0.5, 0.6) is 0 Å². The van der Waals surface area contributed by atoms with E-state index in [-0.39, 0.29) is 17.2 Å². The Bertz CT molecular complexity index is 521. The molecule has 1 aliphatic rings. The fourth-order valence-electron chi connectivity index (χ4n) is 1.77. The zero-order valence-corrected chi connectivity index (χ0v) is 9.91. The second-order valence-electron chi connectivity index (χ2n) is 4.43. The van der Waals surface area contributed by atoms with Crippen LogP contribution in [-0.2, 0) is 4.79 Å². The van der Waals surface area contributed by atoms with Crippen LogP contribution >= 0.6 is 0 Å². The maximum Gasteiger partial charge on any atom is 0.326 e. The molecular formula is C12H12N2O5. The summed E-state index contributed by atoms with van der Waals surface area (Å²) in [6.07, 6.45) is 1.58. The van der Waals surface area contributed by atoms with Crippen LogP contribution in [0.3, 0.4) is 0 Å². The highest BCUT2D eigenvalue weighted by atomic mass is 16.6. The van der Waals surface area contributed by atoms with E-state index in [9.17, 15) is 19.7 Å². The zero-order chi connectivity index (χ0) is 14.0. The van der Waals surface area contributed by atoms with E-state index in [0.29, 0.717) is 0 Å². The van der Waals surface area contributed by atoms with Gasteiger partial charge in [0.15, 0.2) is 0 Å². The number of nitrogens with zero attached hydrogens (tertiary/aromatic N) is 1. The van der Waals surface area contributed by atoms with E-state index in [1.165, 1.54) is 24.3 Å². The van der Waals surface area contributed by atoms with Crippen molar-refractivity contribution in [3.05, 3.63) is 39.9 Å². The predicted molar refractivity (Wildman–Crippen MR) is 64.7 cm³/mol. The molecule has 1 amide bonds. The van der Waals surface area contributed by atoms with Crippen LogP contribution in [0.1, 0.15) is 23.2 Å². The van der Waals surface area contributed by atoms with Gasteiger partial charge in [0.05, 0.1) is 4.92 Å². The maximum absolute atomic E-state index is 11.8. The molecule has 7 heteroatoms. The van der Waals surface area contributed by atoms with Gasteiger partial charge in [-0.15, -0.1) is 0 Å². The fourth-order valence-corrected chi connectivity index (χ4v) is 1.77. The molecule has 1 fully saturated rings. The molecule has 100 valence electrons. The minimum Gasteiger partial charge on any atom is -0.480 e. The number of nitro groups is 1. The van der Waals surface area contributed by atoms with Crippen LogP contribution in [0.15, 0.2) is 24.3 Å². The first-order chi connectivity index (χ1) is 8.99. The molecule has 1 unspecified atom stereocenters. The number of carbonyl (C=O) groups excluding carboxylic acids is 1. The van der Waals surface area contributed by atoms with E-state index < -0.39 is 22.8 Å². The highest BCUT2D eigenvalue weighted by molar-refractivity contribution is 5.96. The summed E-state index contributed by atoms with van der Waals surface area (Å²) in [7, 11) is 0. The van der Waals surface area contributed by atoms with Gasteiger partial charge >= 0.3 is 5.97 Å². The van der Waals surface area contributed by atoms with Crippen molar-refractivity contribution in [2.24, 2.45) is 5.92 Å². The highest BCUT2D eigenvalue weighted by Crippen LogP contribution is 2.32. The number of nitro benzene ring substituents is 1. The summed E-state index contributed by atoms with van der Waals surface area (Å²) in [6, 6.07) is 4.14. The summed E-state index contributed by atoms with van der Waals surface area (Å²) in [4.78, 5) is 32.7. The van der Waals surface area contributed by atoms with E-state index in [1.807, 2.05) is 0 Å². The molecule has 0 radical (unpaired) electrons. The van der Waals surface area contributed by atoms with Crippen LogP contribution in [0.2, 0.25) is 0 Å². The Hall–Kier alpha value is -2.44. The number of rotatable bonds is 5. The molecule has 1 saturated carbocycles. The molecule has 0 heterocycles. The number of hydrogen-bond acceptors (Lipinski definition) is 4. The van der Waals surface area contributed by atoms with Gasteiger partial charge in [0.2, 0.25) is 0 Å². The van der Waals surface area contributed by atoms with Crippen LogP contribution in [0.25, 0.3) is 0 Å². The largest absolute Gasteiger partial charge is 0.480 e. The van der Waals surface area contributed by atoms with Crippen molar-refractivity contribution in [1.82, 2.24) is 5.32 Å². The zero-order valence-electron chi connectivity index (χ0n) is 9.91. The van der Waals surface area contributed by atoms with Crippen molar-refractivity contribution in [3.63, 3.8) is 0 Å². The van der Waals surface area contributed by atoms with Crippen LogP contribution < -0.4 is 5.32 Å². The molecule has 0 spiro atoms. The lowest BCUT2D eigenvalue weighted by Gasteiger charge is -2.13. The Balaban J connectivity index is 2.06. The van der Waals surface area contributed by atoms with Crippen molar-refractivity contribution < 1.29 is 19.6 Å². The summed E-state index contributed by atoms with van der Waals surface area (Å²) >= 11 is 0. The van der Waals surface area contributed by atoms with Crippen molar-refractivity contribution in [1.29, 1.82) is 0 Å². The quantitative estimate of drug-likeness (QED) is 0.613. The van der Waals surface area contributed by atoms with Crippen molar-refractivity contribution in [3.8, 4) is 0 Å². The molecule has 1 aliphatic carbocycles. The van der Waals surface area contributed by atoms with Gasteiger partial charge in [-0.3, -0.25) is 14.9 Å². The summed E-state index contributed by atoms with van der Waals surface area (Å²) < 4.78 is 0. The number of benzene rings is 1. The maximum atomic E-state index is 11.8. The van der Waals surface area contributed by atoms with Crippen molar-refractivity contribution in [2.75, 3.05) is 0 Å². The van der Waals surface area contributed by atoms with E-state index in [4.69, 9.17) is 5.11 Å². The Morgan fingerprint density at radius 2 is 1.89 bits per heavy atom. The molecule has 0 aromatic heterocycles. The number of carbonyl (C=O) groups is 2. The number of hydrogen-bond donors (Lipinski definition) is 2. The molecule has 1 aromatic rings. The average molecular weight is 264 g/mol. The predicted octanol–water partition coefficient (Wildman–Crippen LogP) is 1.19. The number of nitrogens with one attached hydrogen (secondary N) is 1. The average Bonchev–Trinajstić information content (AvgIpc) is 3.19. The smallest absolute Gasteiger partial charge is 0.326 e. The third-order valence-electron chi connectivity index (χ3n) is 2.99. The fraction of sp³-hybridized carbons (Fsp3) is 0.333. The van der Waals surface area contributed by atoms with Gasteiger partial charge in [-0.2, -0.15) is 0 Å². The molecule has 19 heavy (non-hydrogen) atoms. The molecule has 2 N–H and O–H groups in total. The first kappa shape index (κ1) is 13.0. The van der Waals surface area contributed by atoms with Gasteiger partial charge in [-0.1, -0.05) is 0 Å². The molecule has 0 aliphatic heterocycles. The first-order valence-electron chi connectivity index (χ1n) is 5.77. The van der Waals surface area contributed by atoms with E-state index in [2.05, 4.69) is 5.32 Å². The van der Waals surface area contributed by atoms with Crippen LogP contribution in [0, 0.1) is 16.0 Å². The number of carboxylic acids is 1. The molecule has 0 saturated heterocycles. The van der Waals surface area contributed by atoms with Gasteiger partial charge in [-0.05, 0) is 30.9 Å². The Morgan fingerprint density at radius 3 is 2.32 bits per heavy atom. The SMILES string of the molecule is O=C(NC(C(=O)O)C1CC1)c1ccc([N+](=O)[O-])cc1. The van der Waals surface area contributed by atoms with Gasteiger partial charge in [0.25, 0.3) is 11.6 Å². The lowest BCUT2D eigenvalue weighted by atomic mass is 10.1. The van der Waals surface area contributed by atoms with Crippen LogP contribution in [-0.4, -0.2) is 27.9 Å². The Morgan fingerprint density at radius 1 is 1.32 bits per heavy atom. The third-order valence-corrected chi connectivity index (χ3v) is 2.99. The molecule has 1 aromatic carbocycles. The minimum atomic E-state index is -1.06. The van der Waals surface area contributed by atoms with Gasteiger partial charge < -0.3 is 10.4 Å². The minimum absolute atomic E-state index is 0.0144. The lowest BCUT2D eigenvalue weighted by Crippen LogP contribution is -2.42. The summed E-state index contributed by atoms with van der Waals surface area (Å²) in [5.41, 5.74) is 0.0889. The van der Waals surface area contributed by atoms with Crippen molar-refractivity contribution >= 4 is 17.6 Å². The number of carboxylic acid groups (broad SMARTS) is 1. The van der Waals surface area contributed by atoms with E-state index >= 15 is 0 Å².